The van der Waals surface area contributed by atoms with Crippen LogP contribution in [0.5, 0.6) is 0 Å². The molecule has 4 rings (SSSR count). The minimum Gasteiger partial charge on any atom is -0.339 e. The number of hydrogen-bond acceptors (Lipinski definition) is 3. The van der Waals surface area contributed by atoms with Gasteiger partial charge in [0.1, 0.15) is 11.9 Å². The van der Waals surface area contributed by atoms with Crippen LogP contribution in [-0.2, 0) is 0 Å². The summed E-state index contributed by atoms with van der Waals surface area (Å²) >= 11 is 0. The Morgan fingerprint density at radius 1 is 0.905 bits per heavy atom. The SMILES string of the molecule is N#Cc1ccccc1NC1=Nc2cccc3cccc1c23. The number of para-hydroxylation sites is 1. The molecule has 0 radical (unpaired) electrons. The highest BCUT2D eigenvalue weighted by atomic mass is 15.0. The first kappa shape index (κ1) is 11.7. The molecule has 0 fully saturated rings. The van der Waals surface area contributed by atoms with Crippen LogP contribution < -0.4 is 5.32 Å². The van der Waals surface area contributed by atoms with Crippen molar-refractivity contribution in [3.8, 4) is 6.07 Å². The molecule has 0 bridgehead atoms. The van der Waals surface area contributed by atoms with Gasteiger partial charge in [0.05, 0.1) is 16.9 Å². The molecule has 0 aromatic heterocycles. The van der Waals surface area contributed by atoms with Crippen LogP contribution in [0, 0.1) is 11.3 Å². The van der Waals surface area contributed by atoms with Crippen LogP contribution >= 0.6 is 0 Å². The normalized spacial score (nSPS) is 12.0. The molecule has 3 nitrogen and oxygen atoms in total. The van der Waals surface area contributed by atoms with Crippen LogP contribution in [0.1, 0.15) is 11.1 Å². The van der Waals surface area contributed by atoms with E-state index in [9.17, 15) is 5.26 Å². The number of nitrogens with one attached hydrogen (secondary N) is 1. The first-order valence-corrected chi connectivity index (χ1v) is 6.74. The maximum atomic E-state index is 9.19. The van der Waals surface area contributed by atoms with Gasteiger partial charge in [0.25, 0.3) is 0 Å². The fraction of sp³-hybridized carbons (Fsp3) is 0. The van der Waals surface area contributed by atoms with Gasteiger partial charge in [0.15, 0.2) is 0 Å². The maximum absolute atomic E-state index is 9.19. The number of hydrogen-bond donors (Lipinski definition) is 1. The molecule has 0 aliphatic carbocycles. The molecule has 1 aliphatic rings. The van der Waals surface area contributed by atoms with E-state index < -0.39 is 0 Å². The molecule has 0 spiro atoms. The molecule has 3 aromatic carbocycles. The second-order valence-corrected chi connectivity index (χ2v) is 4.92. The van der Waals surface area contributed by atoms with Gasteiger partial charge in [-0.25, -0.2) is 4.99 Å². The number of nitriles is 1. The molecule has 3 heteroatoms. The van der Waals surface area contributed by atoms with Crippen molar-refractivity contribution in [2.24, 2.45) is 4.99 Å². The predicted molar refractivity (Wildman–Crippen MR) is 84.9 cm³/mol. The lowest BCUT2D eigenvalue weighted by molar-refractivity contribution is 1.47. The predicted octanol–water partition coefficient (Wildman–Crippen LogP) is 4.22. The summed E-state index contributed by atoms with van der Waals surface area (Å²) in [6, 6.07) is 21.9. The van der Waals surface area contributed by atoms with E-state index in [1.54, 1.807) is 6.07 Å². The summed E-state index contributed by atoms with van der Waals surface area (Å²) < 4.78 is 0. The molecule has 1 heterocycles. The fourth-order valence-corrected chi connectivity index (χ4v) is 2.70. The first-order valence-electron chi connectivity index (χ1n) is 6.74. The average molecular weight is 269 g/mol. The molecule has 98 valence electrons. The molecule has 1 N–H and O–H groups in total. The van der Waals surface area contributed by atoms with Gasteiger partial charge >= 0.3 is 0 Å². The van der Waals surface area contributed by atoms with E-state index in [1.165, 1.54) is 5.39 Å². The molecular formula is C18H11N3. The summed E-state index contributed by atoms with van der Waals surface area (Å²) in [7, 11) is 0. The van der Waals surface area contributed by atoms with Crippen molar-refractivity contribution in [1.29, 1.82) is 5.26 Å². The summed E-state index contributed by atoms with van der Waals surface area (Å²) in [6.07, 6.45) is 0. The van der Waals surface area contributed by atoms with Crippen LogP contribution in [-0.4, -0.2) is 5.84 Å². The van der Waals surface area contributed by atoms with Crippen LogP contribution in [0.25, 0.3) is 10.8 Å². The van der Waals surface area contributed by atoms with E-state index in [4.69, 9.17) is 0 Å². The van der Waals surface area contributed by atoms with Gasteiger partial charge < -0.3 is 5.32 Å². The Morgan fingerprint density at radius 3 is 2.57 bits per heavy atom. The lowest BCUT2D eigenvalue weighted by Gasteiger charge is -2.08. The van der Waals surface area contributed by atoms with Gasteiger partial charge in [0.2, 0.25) is 0 Å². The van der Waals surface area contributed by atoms with E-state index in [-0.39, 0.29) is 0 Å². The zero-order chi connectivity index (χ0) is 14.2. The van der Waals surface area contributed by atoms with Gasteiger partial charge in [0, 0.05) is 10.9 Å². The van der Waals surface area contributed by atoms with E-state index in [0.717, 1.165) is 28.2 Å². The molecule has 0 saturated carbocycles. The van der Waals surface area contributed by atoms with Gasteiger partial charge in [-0.05, 0) is 23.6 Å². The zero-order valence-electron chi connectivity index (χ0n) is 11.2. The summed E-state index contributed by atoms with van der Waals surface area (Å²) in [6.45, 7) is 0. The molecule has 0 amide bonds. The Labute approximate surface area is 122 Å². The van der Waals surface area contributed by atoms with Crippen molar-refractivity contribution >= 4 is 28.0 Å². The Morgan fingerprint density at radius 2 is 1.71 bits per heavy atom. The third-order valence-corrected chi connectivity index (χ3v) is 3.67. The highest BCUT2D eigenvalue weighted by Crippen LogP contribution is 2.35. The molecule has 0 saturated heterocycles. The van der Waals surface area contributed by atoms with E-state index in [1.807, 2.05) is 36.4 Å². The van der Waals surface area contributed by atoms with Crippen LogP contribution in [0.4, 0.5) is 11.4 Å². The summed E-state index contributed by atoms with van der Waals surface area (Å²) in [5, 5.41) is 14.8. The topological polar surface area (TPSA) is 48.2 Å². The number of amidine groups is 1. The number of anilines is 1. The minimum atomic E-state index is 0.614. The Balaban J connectivity index is 1.83. The Bertz CT molecular complexity index is 927. The monoisotopic (exact) mass is 269 g/mol. The number of benzene rings is 3. The highest BCUT2D eigenvalue weighted by Gasteiger charge is 2.18. The molecule has 0 atom stereocenters. The smallest absolute Gasteiger partial charge is 0.139 e. The third-order valence-electron chi connectivity index (χ3n) is 3.67. The summed E-state index contributed by atoms with van der Waals surface area (Å²) in [5.74, 6) is 0.796. The number of nitrogens with zero attached hydrogens (tertiary/aromatic N) is 2. The molecule has 3 aromatic rings. The maximum Gasteiger partial charge on any atom is 0.139 e. The van der Waals surface area contributed by atoms with Crippen LogP contribution in [0.15, 0.2) is 65.7 Å². The average Bonchev–Trinajstić information content (AvgIpc) is 2.88. The number of rotatable bonds is 1. The van der Waals surface area contributed by atoms with Crippen molar-refractivity contribution in [1.82, 2.24) is 0 Å². The summed E-state index contributed by atoms with van der Waals surface area (Å²) in [4.78, 5) is 4.66. The lowest BCUT2D eigenvalue weighted by atomic mass is 10.0. The summed E-state index contributed by atoms with van der Waals surface area (Å²) in [5.41, 5.74) is 3.45. The number of aliphatic imine (C=N–C) groups is 1. The van der Waals surface area contributed by atoms with Crippen molar-refractivity contribution < 1.29 is 0 Å². The molecule has 1 aliphatic heterocycles. The van der Waals surface area contributed by atoms with Crippen molar-refractivity contribution in [3.05, 3.63) is 71.8 Å². The molecule has 21 heavy (non-hydrogen) atoms. The van der Waals surface area contributed by atoms with Gasteiger partial charge in [-0.2, -0.15) is 5.26 Å². The molecular weight excluding hydrogens is 258 g/mol. The second-order valence-electron chi connectivity index (χ2n) is 4.92. The standard InChI is InChI=1S/C18H11N3/c19-11-13-5-1-2-9-15(13)20-18-14-8-3-6-12-7-4-10-16(21-18)17(12)14/h1-10H,(H,20,21). The third kappa shape index (κ3) is 1.78. The lowest BCUT2D eigenvalue weighted by Crippen LogP contribution is -2.12. The van der Waals surface area contributed by atoms with Gasteiger partial charge in [-0.3, -0.25) is 0 Å². The zero-order valence-corrected chi connectivity index (χ0v) is 11.2. The first-order chi connectivity index (χ1) is 10.4. The van der Waals surface area contributed by atoms with Gasteiger partial charge in [-0.1, -0.05) is 42.5 Å². The minimum absolute atomic E-state index is 0.614. The molecule has 0 unspecified atom stereocenters. The fourth-order valence-electron chi connectivity index (χ4n) is 2.70. The van der Waals surface area contributed by atoms with E-state index >= 15 is 0 Å². The van der Waals surface area contributed by atoms with Gasteiger partial charge in [-0.15, -0.1) is 0 Å². The van der Waals surface area contributed by atoms with E-state index in [2.05, 4.69) is 34.6 Å². The van der Waals surface area contributed by atoms with Crippen molar-refractivity contribution in [2.45, 2.75) is 0 Å². The Kier molecular flexibility index (Phi) is 2.48. The Hall–Kier alpha value is -3.12. The second kappa shape index (κ2) is 4.46. The highest BCUT2D eigenvalue weighted by molar-refractivity contribution is 6.23. The quantitative estimate of drug-likeness (QED) is 0.719. The van der Waals surface area contributed by atoms with E-state index in [0.29, 0.717) is 5.56 Å². The largest absolute Gasteiger partial charge is 0.339 e. The van der Waals surface area contributed by atoms with Crippen LogP contribution in [0.2, 0.25) is 0 Å². The van der Waals surface area contributed by atoms with Crippen molar-refractivity contribution in [3.63, 3.8) is 0 Å². The van der Waals surface area contributed by atoms with Crippen molar-refractivity contribution in [2.75, 3.05) is 5.32 Å². The van der Waals surface area contributed by atoms with Crippen LogP contribution in [0.3, 0.4) is 0 Å².